The molecule has 0 N–H and O–H groups in total. The van der Waals surface area contributed by atoms with Crippen LogP contribution in [0.5, 0.6) is 11.5 Å². The number of rotatable bonds is 4. The fourth-order valence-corrected chi connectivity index (χ4v) is 4.59. The minimum atomic E-state index is -0.0516. The van der Waals surface area contributed by atoms with E-state index in [2.05, 4.69) is 32.0 Å². The number of nitrogens with zero attached hydrogens (tertiary/aromatic N) is 1. The first-order valence-electron chi connectivity index (χ1n) is 8.27. The Labute approximate surface area is 153 Å². The monoisotopic (exact) mass is 357 g/mol. The van der Waals surface area contributed by atoms with E-state index in [1.807, 2.05) is 11.0 Å². The smallest absolute Gasteiger partial charge is 0.262 e. The maximum absolute atomic E-state index is 13.3. The normalized spacial score (nSPS) is 16.8. The molecule has 1 heterocycles. The van der Waals surface area contributed by atoms with Crippen LogP contribution < -0.4 is 9.47 Å². The van der Waals surface area contributed by atoms with Crippen LogP contribution in [0.25, 0.3) is 0 Å². The summed E-state index contributed by atoms with van der Waals surface area (Å²) in [7, 11) is 3.15. The lowest BCUT2D eigenvalue weighted by atomic mass is 10.0. The minimum Gasteiger partial charge on any atom is -0.496 e. The van der Waals surface area contributed by atoms with Gasteiger partial charge in [-0.3, -0.25) is 4.79 Å². The van der Waals surface area contributed by atoms with E-state index in [1.165, 1.54) is 16.7 Å². The lowest BCUT2D eigenvalue weighted by Crippen LogP contribution is -2.31. The Balaban J connectivity index is 1.99. The molecule has 0 radical (unpaired) electrons. The number of thioether (sulfide) groups is 1. The van der Waals surface area contributed by atoms with Gasteiger partial charge in [0.25, 0.3) is 5.91 Å². The highest BCUT2D eigenvalue weighted by Crippen LogP contribution is 2.42. The van der Waals surface area contributed by atoms with Gasteiger partial charge in [0.15, 0.2) is 0 Å². The number of aryl methyl sites for hydroxylation is 2. The highest BCUT2D eigenvalue weighted by molar-refractivity contribution is 7.99. The molecule has 0 spiro atoms. The van der Waals surface area contributed by atoms with Crippen molar-refractivity contribution in [3.05, 3.63) is 58.7 Å². The molecule has 5 heteroatoms. The molecule has 2 aromatic rings. The van der Waals surface area contributed by atoms with Crippen LogP contribution in [0.15, 0.2) is 36.4 Å². The van der Waals surface area contributed by atoms with Gasteiger partial charge in [-0.15, -0.1) is 11.8 Å². The Bertz CT molecular complexity index is 768. The van der Waals surface area contributed by atoms with E-state index >= 15 is 0 Å². The second-order valence-corrected chi connectivity index (χ2v) is 7.31. The van der Waals surface area contributed by atoms with Gasteiger partial charge in [0.2, 0.25) is 0 Å². The van der Waals surface area contributed by atoms with Gasteiger partial charge >= 0.3 is 0 Å². The van der Waals surface area contributed by atoms with Crippen LogP contribution in [-0.2, 0) is 0 Å². The Morgan fingerprint density at radius 2 is 1.80 bits per heavy atom. The largest absolute Gasteiger partial charge is 0.496 e. The topological polar surface area (TPSA) is 38.8 Å². The number of benzene rings is 2. The van der Waals surface area contributed by atoms with Crippen LogP contribution >= 0.6 is 11.8 Å². The second kappa shape index (κ2) is 7.40. The minimum absolute atomic E-state index is 0.0164. The van der Waals surface area contributed by atoms with Crippen molar-refractivity contribution in [1.82, 2.24) is 4.90 Å². The molecule has 0 aliphatic carbocycles. The number of carbonyl (C=O) groups excluding carboxylic acids is 1. The van der Waals surface area contributed by atoms with Gasteiger partial charge in [-0.2, -0.15) is 0 Å². The summed E-state index contributed by atoms with van der Waals surface area (Å²) in [6.45, 7) is 4.90. The van der Waals surface area contributed by atoms with Gasteiger partial charge in [-0.1, -0.05) is 29.8 Å². The summed E-state index contributed by atoms with van der Waals surface area (Å²) in [6, 6.07) is 11.8. The summed E-state index contributed by atoms with van der Waals surface area (Å²) >= 11 is 1.80. The van der Waals surface area contributed by atoms with Crippen molar-refractivity contribution in [3.8, 4) is 11.5 Å². The highest BCUT2D eigenvalue weighted by Gasteiger charge is 2.34. The second-order valence-electron chi connectivity index (χ2n) is 6.12. The summed E-state index contributed by atoms with van der Waals surface area (Å²) in [6.07, 6.45) is 0. The first-order chi connectivity index (χ1) is 12.1. The molecular weight excluding hydrogens is 334 g/mol. The average molecular weight is 357 g/mol. The van der Waals surface area contributed by atoms with Crippen molar-refractivity contribution in [2.24, 2.45) is 0 Å². The number of amides is 1. The lowest BCUT2D eigenvalue weighted by Gasteiger charge is -2.27. The standard InChI is InChI=1S/C20H23NO3S/c1-13-8-9-15(14(2)12-13)20-21(10-11-25-20)19(22)18-16(23-3)6-5-7-17(18)24-4/h5-9,12,20H,10-11H2,1-4H3. The lowest BCUT2D eigenvalue weighted by molar-refractivity contribution is 0.0753. The third-order valence-corrected chi connectivity index (χ3v) is 5.73. The highest BCUT2D eigenvalue weighted by atomic mass is 32.2. The van der Waals surface area contributed by atoms with E-state index in [1.54, 1.807) is 38.1 Å². The molecule has 1 atom stereocenters. The van der Waals surface area contributed by atoms with Crippen molar-refractivity contribution >= 4 is 17.7 Å². The molecule has 4 nitrogen and oxygen atoms in total. The number of hydrogen-bond acceptors (Lipinski definition) is 4. The molecule has 1 fully saturated rings. The number of carbonyl (C=O) groups is 1. The maximum atomic E-state index is 13.3. The Morgan fingerprint density at radius 1 is 1.12 bits per heavy atom. The molecule has 0 saturated carbocycles. The van der Waals surface area contributed by atoms with Crippen LogP contribution in [-0.4, -0.2) is 37.3 Å². The predicted molar refractivity (Wildman–Crippen MR) is 102 cm³/mol. The summed E-state index contributed by atoms with van der Waals surface area (Å²) in [4.78, 5) is 15.2. The first-order valence-corrected chi connectivity index (χ1v) is 9.32. The van der Waals surface area contributed by atoms with Crippen LogP contribution in [0, 0.1) is 13.8 Å². The van der Waals surface area contributed by atoms with Crippen molar-refractivity contribution in [2.75, 3.05) is 26.5 Å². The predicted octanol–water partition coefficient (Wildman–Crippen LogP) is 4.21. The summed E-state index contributed by atoms with van der Waals surface area (Å²) in [5, 5.41) is 0.0164. The molecule has 0 aromatic heterocycles. The quantitative estimate of drug-likeness (QED) is 0.822. The van der Waals surface area contributed by atoms with Crippen LogP contribution in [0.4, 0.5) is 0 Å². The van der Waals surface area contributed by atoms with E-state index < -0.39 is 0 Å². The van der Waals surface area contributed by atoms with Gasteiger partial charge in [-0.25, -0.2) is 0 Å². The van der Waals surface area contributed by atoms with E-state index in [-0.39, 0.29) is 11.3 Å². The molecule has 1 aliphatic rings. The van der Waals surface area contributed by atoms with Gasteiger partial charge in [0.1, 0.15) is 22.4 Å². The molecular formula is C20H23NO3S. The number of ether oxygens (including phenoxy) is 2. The Morgan fingerprint density at radius 3 is 2.40 bits per heavy atom. The van der Waals surface area contributed by atoms with Gasteiger partial charge in [-0.05, 0) is 37.1 Å². The molecule has 0 bridgehead atoms. The summed E-state index contributed by atoms with van der Waals surface area (Å²) in [5.41, 5.74) is 4.12. The maximum Gasteiger partial charge on any atom is 0.262 e. The summed E-state index contributed by atoms with van der Waals surface area (Å²) in [5.74, 6) is 1.95. The third kappa shape index (κ3) is 3.33. The molecule has 1 amide bonds. The zero-order valence-corrected chi connectivity index (χ0v) is 15.9. The van der Waals surface area contributed by atoms with Crippen molar-refractivity contribution in [2.45, 2.75) is 19.2 Å². The third-order valence-electron chi connectivity index (χ3n) is 4.48. The SMILES string of the molecule is COc1cccc(OC)c1C(=O)N1CCSC1c1ccc(C)cc1C. The Hall–Kier alpha value is -2.14. The van der Waals surface area contributed by atoms with Crippen LogP contribution in [0.2, 0.25) is 0 Å². The molecule has 3 rings (SSSR count). The van der Waals surface area contributed by atoms with Crippen molar-refractivity contribution in [3.63, 3.8) is 0 Å². The molecule has 1 aliphatic heterocycles. The molecule has 2 aromatic carbocycles. The van der Waals surface area contributed by atoms with Gasteiger partial charge in [0, 0.05) is 12.3 Å². The van der Waals surface area contributed by atoms with Gasteiger partial charge < -0.3 is 14.4 Å². The van der Waals surface area contributed by atoms with E-state index in [0.29, 0.717) is 23.6 Å². The van der Waals surface area contributed by atoms with Crippen LogP contribution in [0.3, 0.4) is 0 Å². The molecule has 25 heavy (non-hydrogen) atoms. The molecule has 132 valence electrons. The summed E-state index contributed by atoms with van der Waals surface area (Å²) < 4.78 is 10.8. The van der Waals surface area contributed by atoms with Crippen molar-refractivity contribution < 1.29 is 14.3 Å². The number of hydrogen-bond donors (Lipinski definition) is 0. The average Bonchev–Trinajstić information content (AvgIpc) is 3.09. The Kier molecular flexibility index (Phi) is 5.23. The zero-order chi connectivity index (χ0) is 18.0. The fraction of sp³-hybridized carbons (Fsp3) is 0.350. The van der Waals surface area contributed by atoms with E-state index in [0.717, 1.165) is 5.75 Å². The van der Waals surface area contributed by atoms with Gasteiger partial charge in [0.05, 0.1) is 14.2 Å². The van der Waals surface area contributed by atoms with Crippen molar-refractivity contribution in [1.29, 1.82) is 0 Å². The zero-order valence-electron chi connectivity index (χ0n) is 15.0. The first kappa shape index (κ1) is 17.7. The molecule has 1 saturated heterocycles. The number of methoxy groups -OCH3 is 2. The molecule has 1 unspecified atom stereocenters. The fourth-order valence-electron chi connectivity index (χ4n) is 3.24. The van der Waals surface area contributed by atoms with E-state index in [4.69, 9.17) is 9.47 Å². The van der Waals surface area contributed by atoms with Crippen LogP contribution in [0.1, 0.15) is 32.4 Å². The van der Waals surface area contributed by atoms with E-state index in [9.17, 15) is 4.79 Å².